The third-order valence-corrected chi connectivity index (χ3v) is 4.27. The van der Waals surface area contributed by atoms with Gasteiger partial charge in [-0.25, -0.2) is 0 Å². The predicted octanol–water partition coefficient (Wildman–Crippen LogP) is 1.24. The summed E-state index contributed by atoms with van der Waals surface area (Å²) in [5.74, 6) is 0.744. The van der Waals surface area contributed by atoms with Gasteiger partial charge in [0, 0.05) is 26.3 Å². The summed E-state index contributed by atoms with van der Waals surface area (Å²) in [7, 11) is 0. The second-order valence-corrected chi connectivity index (χ2v) is 5.72. The summed E-state index contributed by atoms with van der Waals surface area (Å²) < 4.78 is 5.34. The second-order valence-electron chi connectivity index (χ2n) is 5.72. The standard InChI is InChI=1S/C16H22N2O2/c19-16(17-7-5-12-6-8-20-11-12)15-9-13-3-1-2-4-14(13)10-18-15/h1-4,12,15,18H,5-11H2,(H,17,19). The van der Waals surface area contributed by atoms with Crippen LogP contribution in [0.3, 0.4) is 0 Å². The van der Waals surface area contributed by atoms with Gasteiger partial charge in [0.15, 0.2) is 0 Å². The van der Waals surface area contributed by atoms with Crippen molar-refractivity contribution in [3.8, 4) is 0 Å². The lowest BCUT2D eigenvalue weighted by Gasteiger charge is -2.25. The molecular weight excluding hydrogens is 252 g/mol. The molecule has 1 saturated heterocycles. The van der Waals surface area contributed by atoms with Crippen molar-refractivity contribution in [3.05, 3.63) is 35.4 Å². The number of benzene rings is 1. The van der Waals surface area contributed by atoms with E-state index in [1.807, 2.05) is 12.1 Å². The molecule has 4 nitrogen and oxygen atoms in total. The zero-order valence-corrected chi connectivity index (χ0v) is 11.7. The first-order valence-corrected chi connectivity index (χ1v) is 7.48. The highest BCUT2D eigenvalue weighted by Gasteiger charge is 2.24. The lowest BCUT2D eigenvalue weighted by atomic mass is 9.95. The maximum atomic E-state index is 12.2. The van der Waals surface area contributed by atoms with Gasteiger partial charge >= 0.3 is 0 Å². The fraction of sp³-hybridized carbons (Fsp3) is 0.562. The SMILES string of the molecule is O=C(NCCC1CCOC1)C1Cc2ccccc2CN1. The zero-order chi connectivity index (χ0) is 13.8. The fourth-order valence-electron chi connectivity index (χ4n) is 2.97. The van der Waals surface area contributed by atoms with Crippen LogP contribution in [0.2, 0.25) is 0 Å². The first-order chi connectivity index (χ1) is 9.83. The molecule has 1 fully saturated rings. The monoisotopic (exact) mass is 274 g/mol. The van der Waals surface area contributed by atoms with Gasteiger partial charge in [-0.1, -0.05) is 24.3 Å². The van der Waals surface area contributed by atoms with Crippen LogP contribution in [-0.4, -0.2) is 31.7 Å². The van der Waals surface area contributed by atoms with Crippen molar-refractivity contribution in [2.24, 2.45) is 5.92 Å². The Morgan fingerprint density at radius 2 is 2.20 bits per heavy atom. The van der Waals surface area contributed by atoms with Crippen LogP contribution >= 0.6 is 0 Å². The molecule has 2 unspecified atom stereocenters. The summed E-state index contributed by atoms with van der Waals surface area (Å²) >= 11 is 0. The minimum absolute atomic E-state index is 0.0928. The fourth-order valence-corrected chi connectivity index (χ4v) is 2.97. The molecule has 4 heteroatoms. The lowest BCUT2D eigenvalue weighted by molar-refractivity contribution is -0.123. The molecule has 2 aliphatic rings. The molecule has 0 aromatic heterocycles. The molecule has 2 N–H and O–H groups in total. The summed E-state index contributed by atoms with van der Waals surface area (Å²) in [6.07, 6.45) is 2.94. The van der Waals surface area contributed by atoms with Crippen molar-refractivity contribution in [1.82, 2.24) is 10.6 Å². The molecule has 108 valence electrons. The van der Waals surface area contributed by atoms with Gasteiger partial charge in [0.1, 0.15) is 0 Å². The highest BCUT2D eigenvalue weighted by molar-refractivity contribution is 5.82. The van der Waals surface area contributed by atoms with Crippen LogP contribution in [0.1, 0.15) is 24.0 Å². The van der Waals surface area contributed by atoms with E-state index in [-0.39, 0.29) is 11.9 Å². The number of ether oxygens (including phenoxy) is 1. The van der Waals surface area contributed by atoms with Crippen molar-refractivity contribution in [1.29, 1.82) is 0 Å². The van der Waals surface area contributed by atoms with E-state index in [0.29, 0.717) is 5.92 Å². The number of carbonyl (C=O) groups excluding carboxylic acids is 1. The Morgan fingerprint density at radius 3 is 3.00 bits per heavy atom. The normalized spacial score (nSPS) is 25.2. The van der Waals surface area contributed by atoms with Gasteiger partial charge in [-0.2, -0.15) is 0 Å². The number of fused-ring (bicyclic) bond motifs is 1. The van der Waals surface area contributed by atoms with Crippen molar-refractivity contribution >= 4 is 5.91 Å². The number of hydrogen-bond donors (Lipinski definition) is 2. The number of hydrogen-bond acceptors (Lipinski definition) is 3. The van der Waals surface area contributed by atoms with Gasteiger partial charge in [0.2, 0.25) is 5.91 Å². The summed E-state index contributed by atoms with van der Waals surface area (Å²) in [5, 5.41) is 6.37. The number of carbonyl (C=O) groups is 1. The Morgan fingerprint density at radius 1 is 1.35 bits per heavy atom. The summed E-state index contributed by atoms with van der Waals surface area (Å²) in [6.45, 7) is 3.27. The van der Waals surface area contributed by atoms with Crippen molar-refractivity contribution < 1.29 is 9.53 Å². The van der Waals surface area contributed by atoms with Gasteiger partial charge in [0.25, 0.3) is 0 Å². The van der Waals surface area contributed by atoms with E-state index in [0.717, 1.165) is 45.6 Å². The largest absolute Gasteiger partial charge is 0.381 e. The molecular formula is C16H22N2O2. The highest BCUT2D eigenvalue weighted by atomic mass is 16.5. The van der Waals surface area contributed by atoms with Crippen molar-refractivity contribution in [3.63, 3.8) is 0 Å². The molecule has 2 heterocycles. The summed E-state index contributed by atoms with van der Waals surface area (Å²) in [5.41, 5.74) is 2.59. The molecule has 2 aliphatic heterocycles. The Balaban J connectivity index is 1.46. The molecule has 0 bridgehead atoms. The van der Waals surface area contributed by atoms with Crippen molar-refractivity contribution in [2.45, 2.75) is 31.8 Å². The third-order valence-electron chi connectivity index (χ3n) is 4.27. The van der Waals surface area contributed by atoms with Crippen LogP contribution in [0.4, 0.5) is 0 Å². The van der Waals surface area contributed by atoms with E-state index >= 15 is 0 Å². The van der Waals surface area contributed by atoms with E-state index in [1.54, 1.807) is 0 Å². The maximum absolute atomic E-state index is 12.2. The van der Waals surface area contributed by atoms with Crippen LogP contribution < -0.4 is 10.6 Å². The number of nitrogens with one attached hydrogen (secondary N) is 2. The maximum Gasteiger partial charge on any atom is 0.237 e. The smallest absolute Gasteiger partial charge is 0.237 e. The third kappa shape index (κ3) is 3.19. The van der Waals surface area contributed by atoms with E-state index in [9.17, 15) is 4.79 Å². The molecule has 1 aromatic carbocycles. The Kier molecular flexibility index (Phi) is 4.33. The Hall–Kier alpha value is -1.39. The second kappa shape index (κ2) is 6.37. The molecule has 2 atom stereocenters. The van der Waals surface area contributed by atoms with E-state index in [1.165, 1.54) is 11.1 Å². The van der Waals surface area contributed by atoms with Crippen LogP contribution in [-0.2, 0) is 22.5 Å². The number of rotatable bonds is 4. The Labute approximate surface area is 119 Å². The van der Waals surface area contributed by atoms with E-state index < -0.39 is 0 Å². The summed E-state index contributed by atoms with van der Waals surface area (Å²) in [6, 6.07) is 8.23. The van der Waals surface area contributed by atoms with Gasteiger partial charge < -0.3 is 15.4 Å². The topological polar surface area (TPSA) is 50.4 Å². The molecule has 3 rings (SSSR count). The van der Waals surface area contributed by atoms with Gasteiger partial charge in [-0.15, -0.1) is 0 Å². The number of amides is 1. The first kappa shape index (κ1) is 13.6. The summed E-state index contributed by atoms with van der Waals surface area (Å²) in [4.78, 5) is 12.2. The molecule has 1 amide bonds. The minimum Gasteiger partial charge on any atom is -0.381 e. The molecule has 0 spiro atoms. The minimum atomic E-state index is -0.0928. The lowest BCUT2D eigenvalue weighted by Crippen LogP contribution is -2.48. The van der Waals surface area contributed by atoms with Crippen LogP contribution in [0.25, 0.3) is 0 Å². The molecule has 0 saturated carbocycles. The van der Waals surface area contributed by atoms with E-state index in [4.69, 9.17) is 4.74 Å². The Bertz CT molecular complexity index is 469. The molecule has 1 aromatic rings. The van der Waals surface area contributed by atoms with Gasteiger partial charge in [-0.05, 0) is 36.3 Å². The van der Waals surface area contributed by atoms with Gasteiger partial charge in [0.05, 0.1) is 6.04 Å². The predicted molar refractivity (Wildman–Crippen MR) is 77.3 cm³/mol. The zero-order valence-electron chi connectivity index (χ0n) is 11.7. The average Bonchev–Trinajstić information content (AvgIpc) is 3.00. The van der Waals surface area contributed by atoms with Crippen molar-refractivity contribution in [2.75, 3.05) is 19.8 Å². The van der Waals surface area contributed by atoms with E-state index in [2.05, 4.69) is 22.8 Å². The van der Waals surface area contributed by atoms with Crippen LogP contribution in [0, 0.1) is 5.92 Å². The molecule has 0 radical (unpaired) electrons. The van der Waals surface area contributed by atoms with Crippen LogP contribution in [0.5, 0.6) is 0 Å². The quantitative estimate of drug-likeness (QED) is 0.868. The van der Waals surface area contributed by atoms with Gasteiger partial charge in [-0.3, -0.25) is 4.79 Å². The first-order valence-electron chi connectivity index (χ1n) is 7.48. The molecule has 20 heavy (non-hydrogen) atoms. The molecule has 0 aliphatic carbocycles. The average molecular weight is 274 g/mol. The van der Waals surface area contributed by atoms with Crippen LogP contribution in [0.15, 0.2) is 24.3 Å². The highest BCUT2D eigenvalue weighted by Crippen LogP contribution is 2.17.